The van der Waals surface area contributed by atoms with E-state index in [1.807, 2.05) is 0 Å². The van der Waals surface area contributed by atoms with Crippen molar-refractivity contribution in [1.29, 1.82) is 0 Å². The van der Waals surface area contributed by atoms with Crippen molar-refractivity contribution < 1.29 is 17.9 Å². The molecule has 0 atom stereocenters. The van der Waals surface area contributed by atoms with Crippen LogP contribution in [0.25, 0.3) is 0 Å². The molecule has 0 bridgehead atoms. The van der Waals surface area contributed by atoms with Crippen LogP contribution >= 0.6 is 11.6 Å². The standard InChI is InChI=1S/C15H21ClN2O4S/c1-2-22-15(19)17-9-11-18(12-10-17)23(20,21)14-5-3-13(4-6-14)7-8-16/h3-6H,2,7-12H2,1H3. The van der Waals surface area contributed by atoms with Gasteiger partial charge in [0.05, 0.1) is 11.5 Å². The zero-order valence-electron chi connectivity index (χ0n) is 13.1. The molecule has 2 rings (SSSR count). The minimum absolute atomic E-state index is 0.264. The van der Waals surface area contributed by atoms with Crippen LogP contribution in [0.5, 0.6) is 0 Å². The fraction of sp³-hybridized carbons (Fsp3) is 0.533. The number of carbonyl (C=O) groups is 1. The second kappa shape index (κ2) is 7.99. The van der Waals surface area contributed by atoms with Gasteiger partial charge in [0.25, 0.3) is 0 Å². The Hall–Kier alpha value is -1.31. The number of sulfonamides is 1. The molecule has 0 unspecified atom stereocenters. The highest BCUT2D eigenvalue weighted by Crippen LogP contribution is 2.19. The fourth-order valence-corrected chi connectivity index (χ4v) is 4.05. The molecule has 0 radical (unpaired) electrons. The molecule has 0 aromatic heterocycles. The second-order valence-corrected chi connectivity index (χ2v) is 7.49. The van der Waals surface area contributed by atoms with Gasteiger partial charge in [-0.15, -0.1) is 11.6 Å². The SMILES string of the molecule is CCOC(=O)N1CCN(S(=O)(=O)c2ccc(CCCl)cc2)CC1. The Morgan fingerprint density at radius 3 is 2.30 bits per heavy atom. The molecular weight excluding hydrogens is 340 g/mol. The highest BCUT2D eigenvalue weighted by molar-refractivity contribution is 7.89. The topological polar surface area (TPSA) is 66.9 Å². The minimum atomic E-state index is -3.53. The van der Waals surface area contributed by atoms with Crippen molar-refractivity contribution in [2.24, 2.45) is 0 Å². The quantitative estimate of drug-likeness (QED) is 0.752. The number of carbonyl (C=O) groups excluding carboxylic acids is 1. The van der Waals surface area contributed by atoms with Crippen LogP contribution in [-0.2, 0) is 21.2 Å². The predicted octanol–water partition coefficient (Wildman–Crippen LogP) is 1.93. The molecule has 0 aliphatic carbocycles. The third-order valence-corrected chi connectivity index (χ3v) is 5.81. The van der Waals surface area contributed by atoms with Crippen LogP contribution in [-0.4, -0.2) is 62.4 Å². The molecule has 0 N–H and O–H groups in total. The summed E-state index contributed by atoms with van der Waals surface area (Å²) in [6.07, 6.45) is 0.315. The number of hydrogen-bond donors (Lipinski definition) is 0. The molecule has 1 aliphatic heterocycles. The Morgan fingerprint density at radius 2 is 1.78 bits per heavy atom. The molecule has 0 saturated carbocycles. The van der Waals surface area contributed by atoms with Crippen molar-refractivity contribution >= 4 is 27.7 Å². The van der Waals surface area contributed by atoms with Gasteiger partial charge < -0.3 is 9.64 Å². The van der Waals surface area contributed by atoms with Gasteiger partial charge in [0.15, 0.2) is 0 Å². The summed E-state index contributed by atoms with van der Waals surface area (Å²) in [5.74, 6) is 0.502. The molecule has 1 heterocycles. The summed E-state index contributed by atoms with van der Waals surface area (Å²) >= 11 is 5.68. The zero-order valence-corrected chi connectivity index (χ0v) is 14.6. The van der Waals surface area contributed by atoms with Gasteiger partial charge in [0.2, 0.25) is 10.0 Å². The maximum atomic E-state index is 12.6. The van der Waals surface area contributed by atoms with Gasteiger partial charge in [-0.1, -0.05) is 12.1 Å². The monoisotopic (exact) mass is 360 g/mol. The summed E-state index contributed by atoms with van der Waals surface area (Å²) < 4.78 is 31.6. The number of rotatable bonds is 5. The molecule has 6 nitrogen and oxygen atoms in total. The van der Waals surface area contributed by atoms with Crippen LogP contribution in [0.4, 0.5) is 4.79 Å². The summed E-state index contributed by atoms with van der Waals surface area (Å²) in [5, 5.41) is 0. The molecule has 0 spiro atoms. The summed E-state index contributed by atoms with van der Waals surface area (Å²) in [6, 6.07) is 6.78. The molecule has 128 valence electrons. The number of piperazine rings is 1. The van der Waals surface area contributed by atoms with E-state index >= 15 is 0 Å². The van der Waals surface area contributed by atoms with Crippen LogP contribution in [0.2, 0.25) is 0 Å². The first-order chi connectivity index (χ1) is 11.0. The highest BCUT2D eigenvalue weighted by Gasteiger charge is 2.30. The van der Waals surface area contributed by atoms with E-state index in [-0.39, 0.29) is 18.0 Å². The first kappa shape index (κ1) is 18.0. The number of nitrogens with zero attached hydrogens (tertiary/aromatic N) is 2. The third-order valence-electron chi connectivity index (χ3n) is 3.71. The van der Waals surface area contributed by atoms with Crippen molar-refractivity contribution in [1.82, 2.24) is 9.21 Å². The smallest absolute Gasteiger partial charge is 0.409 e. The molecule has 1 aromatic rings. The van der Waals surface area contributed by atoms with E-state index in [1.54, 1.807) is 31.2 Å². The van der Waals surface area contributed by atoms with Gasteiger partial charge in [0, 0.05) is 32.1 Å². The van der Waals surface area contributed by atoms with Gasteiger partial charge in [-0.05, 0) is 31.0 Å². The van der Waals surface area contributed by atoms with Crippen molar-refractivity contribution in [2.75, 3.05) is 38.7 Å². The summed E-state index contributed by atoms with van der Waals surface area (Å²) in [6.45, 7) is 3.26. The van der Waals surface area contributed by atoms with Gasteiger partial charge in [-0.2, -0.15) is 4.31 Å². The maximum Gasteiger partial charge on any atom is 0.409 e. The molecule has 1 aliphatic rings. The number of hydrogen-bond acceptors (Lipinski definition) is 4. The van der Waals surface area contributed by atoms with Crippen LogP contribution in [0.15, 0.2) is 29.2 Å². The Bertz CT molecular complexity index is 625. The number of amides is 1. The minimum Gasteiger partial charge on any atom is -0.450 e. The van der Waals surface area contributed by atoms with Crippen LogP contribution in [0, 0.1) is 0 Å². The first-order valence-electron chi connectivity index (χ1n) is 7.55. The number of halogens is 1. The number of ether oxygens (including phenoxy) is 1. The molecule has 1 amide bonds. The lowest BCUT2D eigenvalue weighted by atomic mass is 10.2. The Morgan fingerprint density at radius 1 is 1.17 bits per heavy atom. The largest absolute Gasteiger partial charge is 0.450 e. The van der Waals surface area contributed by atoms with Gasteiger partial charge in [0.1, 0.15) is 0 Å². The number of benzene rings is 1. The van der Waals surface area contributed by atoms with Crippen LogP contribution in [0.3, 0.4) is 0 Å². The molecular formula is C15H21ClN2O4S. The fourth-order valence-electron chi connectivity index (χ4n) is 2.41. The zero-order chi connectivity index (χ0) is 16.9. The second-order valence-electron chi connectivity index (χ2n) is 5.17. The Labute approximate surface area is 142 Å². The summed E-state index contributed by atoms with van der Waals surface area (Å²) in [5.41, 5.74) is 1.01. The Balaban J connectivity index is 2.02. The van der Waals surface area contributed by atoms with E-state index in [9.17, 15) is 13.2 Å². The van der Waals surface area contributed by atoms with E-state index in [0.29, 0.717) is 32.0 Å². The average molecular weight is 361 g/mol. The van der Waals surface area contributed by atoms with E-state index in [0.717, 1.165) is 5.56 Å². The molecule has 8 heteroatoms. The van der Waals surface area contributed by atoms with Crippen LogP contribution < -0.4 is 0 Å². The van der Waals surface area contributed by atoms with Crippen molar-refractivity contribution in [3.63, 3.8) is 0 Å². The average Bonchev–Trinajstić information content (AvgIpc) is 2.56. The summed E-state index contributed by atoms with van der Waals surface area (Å²) in [7, 11) is -3.53. The van der Waals surface area contributed by atoms with Crippen LogP contribution in [0.1, 0.15) is 12.5 Å². The van der Waals surface area contributed by atoms with Crippen molar-refractivity contribution in [2.45, 2.75) is 18.2 Å². The maximum absolute atomic E-state index is 12.6. The number of alkyl halides is 1. The first-order valence-corrected chi connectivity index (χ1v) is 9.53. The Kier molecular flexibility index (Phi) is 6.26. The van der Waals surface area contributed by atoms with E-state index in [2.05, 4.69) is 0 Å². The normalized spacial score (nSPS) is 16.3. The van der Waals surface area contributed by atoms with Crippen molar-refractivity contribution in [3.8, 4) is 0 Å². The molecule has 1 saturated heterocycles. The predicted molar refractivity (Wildman–Crippen MR) is 88.2 cm³/mol. The van der Waals surface area contributed by atoms with E-state index < -0.39 is 16.1 Å². The lowest BCUT2D eigenvalue weighted by Crippen LogP contribution is -2.50. The van der Waals surface area contributed by atoms with E-state index in [1.165, 1.54) is 9.21 Å². The molecule has 1 aromatic carbocycles. The summed E-state index contributed by atoms with van der Waals surface area (Å²) in [4.78, 5) is 13.4. The lowest BCUT2D eigenvalue weighted by Gasteiger charge is -2.33. The van der Waals surface area contributed by atoms with Gasteiger partial charge in [-0.3, -0.25) is 0 Å². The molecule has 23 heavy (non-hydrogen) atoms. The van der Waals surface area contributed by atoms with E-state index in [4.69, 9.17) is 16.3 Å². The number of aryl methyl sites for hydroxylation is 1. The highest BCUT2D eigenvalue weighted by atomic mass is 35.5. The van der Waals surface area contributed by atoms with Gasteiger partial charge >= 0.3 is 6.09 Å². The third kappa shape index (κ3) is 4.37. The van der Waals surface area contributed by atoms with Gasteiger partial charge in [-0.25, -0.2) is 13.2 Å². The lowest BCUT2D eigenvalue weighted by molar-refractivity contribution is 0.0934. The van der Waals surface area contributed by atoms with Crippen molar-refractivity contribution in [3.05, 3.63) is 29.8 Å². The molecule has 1 fully saturated rings.